The maximum Gasteiger partial charge on any atom is 0.289 e. The van der Waals surface area contributed by atoms with Gasteiger partial charge in [-0.3, -0.25) is 0 Å². The van der Waals surface area contributed by atoms with E-state index in [2.05, 4.69) is 17.2 Å². The zero-order valence-electron chi connectivity index (χ0n) is 8.23. The quantitative estimate of drug-likeness (QED) is 0.776. The lowest BCUT2D eigenvalue weighted by atomic mass is 10.3. The van der Waals surface area contributed by atoms with Crippen molar-refractivity contribution in [1.82, 2.24) is 0 Å². The molecule has 0 bridgehead atoms. The zero-order valence-corrected chi connectivity index (χ0v) is 8.23. The van der Waals surface area contributed by atoms with Crippen molar-refractivity contribution in [1.29, 1.82) is 0 Å². The molecule has 0 aromatic heterocycles. The highest BCUT2D eigenvalue weighted by Crippen LogP contribution is 2.11. The van der Waals surface area contributed by atoms with Crippen LogP contribution in [0.2, 0.25) is 0 Å². The van der Waals surface area contributed by atoms with Gasteiger partial charge in [-0.2, -0.15) is 0 Å². The lowest BCUT2D eigenvalue weighted by Crippen LogP contribution is -2.17. The van der Waals surface area contributed by atoms with Gasteiger partial charge in [0.05, 0.1) is 6.54 Å². The molecular formula is C11H14N2O. The number of nitrogens with zero attached hydrogens (tertiary/aromatic N) is 1. The molecule has 0 fully saturated rings. The van der Waals surface area contributed by atoms with E-state index in [1.165, 1.54) is 0 Å². The number of ether oxygens (including phenoxy) is 1. The number of benzene rings is 1. The van der Waals surface area contributed by atoms with Gasteiger partial charge in [-0.25, -0.2) is 4.99 Å². The molecular weight excluding hydrogens is 176 g/mol. The zero-order chi connectivity index (χ0) is 9.80. The molecule has 3 nitrogen and oxygen atoms in total. The first-order chi connectivity index (χ1) is 6.88. The molecule has 0 amide bonds. The Morgan fingerprint density at radius 1 is 1.43 bits per heavy atom. The summed E-state index contributed by atoms with van der Waals surface area (Å²) >= 11 is 0. The van der Waals surface area contributed by atoms with Crippen LogP contribution in [0.5, 0.6) is 0 Å². The Balaban J connectivity index is 1.94. The van der Waals surface area contributed by atoms with Crippen LogP contribution in [0.4, 0.5) is 5.69 Å². The molecule has 2 rings (SSSR count). The highest BCUT2D eigenvalue weighted by Gasteiger charge is 2.17. The summed E-state index contributed by atoms with van der Waals surface area (Å²) in [6, 6.07) is 10.6. The number of nitrogens with one attached hydrogen (secondary N) is 1. The van der Waals surface area contributed by atoms with Crippen LogP contribution in [0.25, 0.3) is 0 Å². The fourth-order valence-electron chi connectivity index (χ4n) is 1.34. The predicted octanol–water partition coefficient (Wildman–Crippen LogP) is 2.26. The van der Waals surface area contributed by atoms with Gasteiger partial charge in [0.2, 0.25) is 0 Å². The largest absolute Gasteiger partial charge is 0.460 e. The second-order valence-electron chi connectivity index (χ2n) is 3.28. The molecule has 0 saturated heterocycles. The van der Waals surface area contributed by atoms with Crippen molar-refractivity contribution in [3.8, 4) is 0 Å². The maximum atomic E-state index is 5.55. The summed E-state index contributed by atoms with van der Waals surface area (Å²) in [7, 11) is 0. The summed E-state index contributed by atoms with van der Waals surface area (Å²) < 4.78 is 5.55. The highest BCUT2D eigenvalue weighted by atomic mass is 16.5. The van der Waals surface area contributed by atoms with Crippen LogP contribution < -0.4 is 5.32 Å². The summed E-state index contributed by atoms with van der Waals surface area (Å²) in [6.07, 6.45) is 1.25. The lowest BCUT2D eigenvalue weighted by molar-refractivity contribution is 0.219. The number of para-hydroxylation sites is 1. The fourth-order valence-corrected chi connectivity index (χ4v) is 1.34. The molecule has 1 aliphatic heterocycles. The summed E-state index contributed by atoms with van der Waals surface area (Å²) in [4.78, 5) is 4.27. The Morgan fingerprint density at radius 3 is 2.86 bits per heavy atom. The molecule has 0 spiro atoms. The molecule has 1 aromatic carbocycles. The second-order valence-corrected chi connectivity index (χ2v) is 3.28. The molecule has 0 aliphatic carbocycles. The maximum absolute atomic E-state index is 5.55. The monoisotopic (exact) mass is 190 g/mol. The Kier molecular flexibility index (Phi) is 2.68. The second kappa shape index (κ2) is 4.13. The lowest BCUT2D eigenvalue weighted by Gasteiger charge is -2.09. The molecule has 74 valence electrons. The minimum atomic E-state index is 0.251. The first-order valence-corrected chi connectivity index (χ1v) is 4.91. The van der Waals surface area contributed by atoms with E-state index in [0.29, 0.717) is 6.02 Å². The van der Waals surface area contributed by atoms with Crippen LogP contribution in [-0.4, -0.2) is 18.7 Å². The Morgan fingerprint density at radius 2 is 2.21 bits per heavy atom. The minimum absolute atomic E-state index is 0.251. The molecule has 14 heavy (non-hydrogen) atoms. The normalized spacial score (nSPS) is 20.1. The van der Waals surface area contributed by atoms with Gasteiger partial charge in [-0.1, -0.05) is 25.1 Å². The summed E-state index contributed by atoms with van der Waals surface area (Å²) in [5, 5.41) is 3.13. The third-order valence-corrected chi connectivity index (χ3v) is 2.20. The summed E-state index contributed by atoms with van der Waals surface area (Å²) in [5.74, 6) is 0. The van der Waals surface area contributed by atoms with Gasteiger partial charge in [0.25, 0.3) is 6.02 Å². The van der Waals surface area contributed by atoms with E-state index in [1.54, 1.807) is 0 Å². The van der Waals surface area contributed by atoms with Gasteiger partial charge in [0.1, 0.15) is 6.10 Å². The molecule has 3 heteroatoms. The van der Waals surface area contributed by atoms with Crippen molar-refractivity contribution < 1.29 is 4.74 Å². The molecule has 1 aliphatic rings. The molecule has 1 atom stereocenters. The SMILES string of the molecule is CCC1CN=C(Nc2ccccc2)O1. The molecule has 0 saturated carbocycles. The molecule has 1 heterocycles. The Hall–Kier alpha value is -1.51. The van der Waals surface area contributed by atoms with Crippen molar-refractivity contribution in [2.75, 3.05) is 11.9 Å². The number of hydrogen-bond donors (Lipinski definition) is 1. The van der Waals surface area contributed by atoms with Gasteiger partial charge < -0.3 is 10.1 Å². The van der Waals surface area contributed by atoms with Gasteiger partial charge in [0, 0.05) is 5.69 Å². The first kappa shape index (κ1) is 9.06. The summed E-state index contributed by atoms with van der Waals surface area (Å²) in [5.41, 5.74) is 1.02. The Labute approximate surface area is 83.8 Å². The van der Waals surface area contributed by atoms with Crippen LogP contribution in [0.3, 0.4) is 0 Å². The van der Waals surface area contributed by atoms with Crippen LogP contribution in [0.1, 0.15) is 13.3 Å². The smallest absolute Gasteiger partial charge is 0.289 e. The third kappa shape index (κ3) is 2.05. The molecule has 1 N–H and O–H groups in total. The van der Waals surface area contributed by atoms with Crippen LogP contribution in [0.15, 0.2) is 35.3 Å². The minimum Gasteiger partial charge on any atom is -0.460 e. The van der Waals surface area contributed by atoms with Crippen LogP contribution in [0, 0.1) is 0 Å². The van der Waals surface area contributed by atoms with Gasteiger partial charge >= 0.3 is 0 Å². The van der Waals surface area contributed by atoms with Crippen molar-refractivity contribution in [3.63, 3.8) is 0 Å². The van der Waals surface area contributed by atoms with E-state index < -0.39 is 0 Å². The van der Waals surface area contributed by atoms with Crippen LogP contribution >= 0.6 is 0 Å². The molecule has 1 aromatic rings. The Bertz CT molecular complexity index is 321. The van der Waals surface area contributed by atoms with Crippen molar-refractivity contribution in [2.24, 2.45) is 4.99 Å². The van der Waals surface area contributed by atoms with E-state index >= 15 is 0 Å². The summed E-state index contributed by atoms with van der Waals surface area (Å²) in [6.45, 7) is 2.87. The topological polar surface area (TPSA) is 33.6 Å². The van der Waals surface area contributed by atoms with Crippen molar-refractivity contribution in [3.05, 3.63) is 30.3 Å². The average Bonchev–Trinajstić information content (AvgIpc) is 2.67. The predicted molar refractivity (Wildman–Crippen MR) is 57.5 cm³/mol. The van der Waals surface area contributed by atoms with E-state index in [9.17, 15) is 0 Å². The van der Waals surface area contributed by atoms with E-state index in [0.717, 1.165) is 18.7 Å². The number of rotatable bonds is 2. The van der Waals surface area contributed by atoms with Gasteiger partial charge in [-0.05, 0) is 18.6 Å². The van der Waals surface area contributed by atoms with Crippen LogP contribution in [-0.2, 0) is 4.74 Å². The molecule has 0 radical (unpaired) electrons. The van der Waals surface area contributed by atoms with Gasteiger partial charge in [0.15, 0.2) is 0 Å². The standard InChI is InChI=1S/C11H14N2O/c1-2-10-8-12-11(14-10)13-9-6-4-3-5-7-9/h3-7,10H,2,8H2,1H3,(H,12,13). The highest BCUT2D eigenvalue weighted by molar-refractivity contribution is 5.89. The average molecular weight is 190 g/mol. The number of amidine groups is 1. The molecule has 1 unspecified atom stereocenters. The first-order valence-electron chi connectivity index (χ1n) is 4.91. The van der Waals surface area contributed by atoms with E-state index in [1.807, 2.05) is 30.3 Å². The fraction of sp³-hybridized carbons (Fsp3) is 0.364. The number of anilines is 1. The third-order valence-electron chi connectivity index (χ3n) is 2.20. The van der Waals surface area contributed by atoms with Crippen molar-refractivity contribution >= 4 is 11.7 Å². The number of aliphatic imine (C=N–C) groups is 1. The van der Waals surface area contributed by atoms with Gasteiger partial charge in [-0.15, -0.1) is 0 Å². The van der Waals surface area contributed by atoms with Crippen molar-refractivity contribution in [2.45, 2.75) is 19.4 Å². The van der Waals surface area contributed by atoms with E-state index in [4.69, 9.17) is 4.74 Å². The van der Waals surface area contributed by atoms with E-state index in [-0.39, 0.29) is 6.10 Å². The number of hydrogen-bond acceptors (Lipinski definition) is 3.